The number of methoxy groups -OCH3 is 2. The third kappa shape index (κ3) is 5.74. The van der Waals surface area contributed by atoms with Gasteiger partial charge in [0.2, 0.25) is 0 Å². The molecule has 3 aromatic carbocycles. The van der Waals surface area contributed by atoms with Gasteiger partial charge in [0.05, 0.1) is 33.6 Å². The Morgan fingerprint density at radius 3 is 1.90 bits per heavy atom. The SMILES string of the molecule is COc1ccc(C(O)(c2ccc(OC)cc2)c2ccc(CN(Cc3ccco3)Cc3ccccc3F)o2)cc1. The molecular weight excluding hydrogens is 497 g/mol. The van der Waals surface area contributed by atoms with Crippen LogP contribution in [-0.2, 0) is 25.2 Å². The molecule has 0 radical (unpaired) electrons. The van der Waals surface area contributed by atoms with Crippen molar-refractivity contribution < 1.29 is 27.8 Å². The van der Waals surface area contributed by atoms with E-state index in [0.29, 0.717) is 59.3 Å². The zero-order valence-corrected chi connectivity index (χ0v) is 21.8. The molecule has 0 aliphatic heterocycles. The number of halogens is 1. The average molecular weight is 528 g/mol. The van der Waals surface area contributed by atoms with Crippen LogP contribution in [-0.4, -0.2) is 24.2 Å². The van der Waals surface area contributed by atoms with Crippen molar-refractivity contribution in [2.45, 2.75) is 25.2 Å². The van der Waals surface area contributed by atoms with E-state index >= 15 is 0 Å². The molecule has 2 heterocycles. The highest BCUT2D eigenvalue weighted by Crippen LogP contribution is 2.39. The Kier molecular flexibility index (Phi) is 7.81. The van der Waals surface area contributed by atoms with Gasteiger partial charge in [0.15, 0.2) is 5.60 Å². The van der Waals surface area contributed by atoms with E-state index in [-0.39, 0.29) is 5.82 Å². The monoisotopic (exact) mass is 527 g/mol. The Morgan fingerprint density at radius 2 is 1.33 bits per heavy atom. The van der Waals surface area contributed by atoms with Crippen LogP contribution in [0.5, 0.6) is 11.5 Å². The lowest BCUT2D eigenvalue weighted by molar-refractivity contribution is 0.0946. The molecule has 39 heavy (non-hydrogen) atoms. The highest BCUT2D eigenvalue weighted by atomic mass is 19.1. The van der Waals surface area contributed by atoms with Gasteiger partial charge in [0, 0.05) is 12.1 Å². The summed E-state index contributed by atoms with van der Waals surface area (Å²) >= 11 is 0. The molecule has 0 saturated heterocycles. The van der Waals surface area contributed by atoms with Gasteiger partial charge in [0.1, 0.15) is 34.6 Å². The molecule has 5 aromatic rings. The molecule has 0 aliphatic rings. The van der Waals surface area contributed by atoms with Crippen LogP contribution >= 0.6 is 0 Å². The van der Waals surface area contributed by atoms with Gasteiger partial charge in [-0.3, -0.25) is 4.90 Å². The predicted molar refractivity (Wildman–Crippen MR) is 145 cm³/mol. The number of hydrogen-bond acceptors (Lipinski definition) is 6. The van der Waals surface area contributed by atoms with Crippen molar-refractivity contribution >= 4 is 0 Å². The number of rotatable bonds is 11. The summed E-state index contributed by atoms with van der Waals surface area (Å²) in [5.41, 5.74) is 0.235. The van der Waals surface area contributed by atoms with E-state index in [1.807, 2.05) is 53.4 Å². The summed E-state index contributed by atoms with van der Waals surface area (Å²) in [7, 11) is 3.19. The zero-order valence-electron chi connectivity index (χ0n) is 21.8. The molecule has 0 fully saturated rings. The number of benzene rings is 3. The fourth-order valence-electron chi connectivity index (χ4n) is 4.65. The third-order valence-corrected chi connectivity index (χ3v) is 6.72. The molecule has 0 atom stereocenters. The second-order valence-electron chi connectivity index (χ2n) is 9.25. The first-order chi connectivity index (χ1) is 19.0. The van der Waals surface area contributed by atoms with Gasteiger partial charge < -0.3 is 23.4 Å². The lowest BCUT2D eigenvalue weighted by atomic mass is 9.84. The summed E-state index contributed by atoms with van der Waals surface area (Å²) in [6, 6.07) is 28.5. The molecule has 0 aliphatic carbocycles. The standard InChI is InChI=1S/C32H30FNO5/c1-36-26-13-9-24(10-14-26)32(35,25-11-15-27(37-2)16-12-25)31-18-17-29(39-31)22-34(21-28-7-5-19-38-28)20-23-6-3-4-8-30(23)33/h3-19,35H,20-22H2,1-2H3. The maximum atomic E-state index is 14.5. The Morgan fingerprint density at radius 1 is 0.718 bits per heavy atom. The first-order valence-electron chi connectivity index (χ1n) is 12.6. The maximum absolute atomic E-state index is 14.5. The van der Waals surface area contributed by atoms with E-state index in [4.69, 9.17) is 18.3 Å². The van der Waals surface area contributed by atoms with Gasteiger partial charge in [-0.15, -0.1) is 0 Å². The first kappa shape index (κ1) is 26.3. The quantitative estimate of drug-likeness (QED) is 0.211. The number of nitrogens with zero attached hydrogens (tertiary/aromatic N) is 1. The van der Waals surface area contributed by atoms with Gasteiger partial charge in [-0.05, 0) is 65.7 Å². The number of ether oxygens (including phenoxy) is 2. The van der Waals surface area contributed by atoms with Crippen LogP contribution in [0, 0.1) is 5.82 Å². The van der Waals surface area contributed by atoms with Crippen molar-refractivity contribution in [1.29, 1.82) is 0 Å². The van der Waals surface area contributed by atoms with Gasteiger partial charge in [-0.1, -0.05) is 42.5 Å². The van der Waals surface area contributed by atoms with Crippen LogP contribution in [0.2, 0.25) is 0 Å². The fraction of sp³-hybridized carbons (Fsp3) is 0.188. The van der Waals surface area contributed by atoms with Crippen LogP contribution in [0.25, 0.3) is 0 Å². The highest BCUT2D eigenvalue weighted by Gasteiger charge is 2.37. The zero-order chi connectivity index (χ0) is 27.2. The van der Waals surface area contributed by atoms with Crippen molar-refractivity contribution in [2.24, 2.45) is 0 Å². The molecule has 0 saturated carbocycles. The van der Waals surface area contributed by atoms with Gasteiger partial charge in [-0.2, -0.15) is 0 Å². The molecule has 0 amide bonds. The molecule has 0 bridgehead atoms. The van der Waals surface area contributed by atoms with Crippen molar-refractivity contribution in [3.05, 3.63) is 143 Å². The molecule has 1 N–H and O–H groups in total. The number of furan rings is 2. The van der Waals surface area contributed by atoms with Crippen LogP contribution in [0.1, 0.15) is 34.0 Å². The fourth-order valence-corrected chi connectivity index (χ4v) is 4.65. The van der Waals surface area contributed by atoms with Crippen molar-refractivity contribution in [1.82, 2.24) is 4.90 Å². The minimum Gasteiger partial charge on any atom is -0.497 e. The maximum Gasteiger partial charge on any atom is 0.173 e. The van der Waals surface area contributed by atoms with Crippen LogP contribution < -0.4 is 9.47 Å². The molecule has 200 valence electrons. The Balaban J connectivity index is 1.48. The predicted octanol–water partition coefficient (Wildman–Crippen LogP) is 6.52. The third-order valence-electron chi connectivity index (χ3n) is 6.72. The second-order valence-corrected chi connectivity index (χ2v) is 9.25. The van der Waals surface area contributed by atoms with Gasteiger partial charge in [-0.25, -0.2) is 4.39 Å². The summed E-state index contributed by atoms with van der Waals surface area (Å²) in [6.07, 6.45) is 1.62. The summed E-state index contributed by atoms with van der Waals surface area (Å²) in [4.78, 5) is 2.03. The number of hydrogen-bond donors (Lipinski definition) is 1. The second kappa shape index (κ2) is 11.6. The summed E-state index contributed by atoms with van der Waals surface area (Å²) < 4.78 is 37.0. The number of aliphatic hydroxyl groups is 1. The summed E-state index contributed by atoms with van der Waals surface area (Å²) in [5.74, 6) is 2.82. The van der Waals surface area contributed by atoms with E-state index in [1.165, 1.54) is 6.07 Å². The molecular formula is C32H30FNO5. The lowest BCUT2D eigenvalue weighted by Gasteiger charge is -2.28. The minimum atomic E-state index is -1.58. The molecule has 0 unspecified atom stereocenters. The molecule has 6 nitrogen and oxygen atoms in total. The van der Waals surface area contributed by atoms with Gasteiger partial charge in [0.25, 0.3) is 0 Å². The molecule has 5 rings (SSSR count). The van der Waals surface area contributed by atoms with E-state index in [1.54, 1.807) is 62.9 Å². The average Bonchev–Trinajstić information content (AvgIpc) is 3.67. The van der Waals surface area contributed by atoms with E-state index in [2.05, 4.69) is 0 Å². The van der Waals surface area contributed by atoms with E-state index < -0.39 is 5.60 Å². The smallest absolute Gasteiger partial charge is 0.173 e. The lowest BCUT2D eigenvalue weighted by Crippen LogP contribution is -2.28. The summed E-state index contributed by atoms with van der Waals surface area (Å²) in [6.45, 7) is 1.18. The van der Waals surface area contributed by atoms with Crippen LogP contribution in [0.3, 0.4) is 0 Å². The molecule has 2 aromatic heterocycles. The molecule has 0 spiro atoms. The van der Waals surface area contributed by atoms with E-state index in [0.717, 1.165) is 5.76 Å². The Hall–Kier alpha value is -4.33. The van der Waals surface area contributed by atoms with Gasteiger partial charge >= 0.3 is 0 Å². The summed E-state index contributed by atoms with van der Waals surface area (Å²) in [5, 5.41) is 12.2. The minimum absolute atomic E-state index is 0.268. The van der Waals surface area contributed by atoms with Crippen molar-refractivity contribution in [3.8, 4) is 11.5 Å². The first-order valence-corrected chi connectivity index (χ1v) is 12.6. The van der Waals surface area contributed by atoms with E-state index in [9.17, 15) is 9.50 Å². The van der Waals surface area contributed by atoms with Crippen molar-refractivity contribution in [2.75, 3.05) is 14.2 Å². The Bertz CT molecular complexity index is 1430. The largest absolute Gasteiger partial charge is 0.497 e. The topological polar surface area (TPSA) is 68.2 Å². The molecule has 7 heteroatoms. The van der Waals surface area contributed by atoms with Crippen molar-refractivity contribution in [3.63, 3.8) is 0 Å². The Labute approximate surface area is 226 Å². The van der Waals surface area contributed by atoms with Crippen LogP contribution in [0.15, 0.2) is 112 Å². The normalized spacial score (nSPS) is 11.6. The highest BCUT2D eigenvalue weighted by molar-refractivity contribution is 5.46. The van der Waals surface area contributed by atoms with Crippen LogP contribution in [0.4, 0.5) is 4.39 Å².